The fourth-order valence-corrected chi connectivity index (χ4v) is 2.95. The highest BCUT2D eigenvalue weighted by Crippen LogP contribution is 2.32. The molecular formula is C13H17NO3S. The van der Waals surface area contributed by atoms with E-state index >= 15 is 0 Å². The smallest absolute Gasteiger partial charge is 0.337 e. The van der Waals surface area contributed by atoms with Crippen molar-refractivity contribution in [2.24, 2.45) is 0 Å². The lowest BCUT2D eigenvalue weighted by atomic mass is 10.1. The molecular weight excluding hydrogens is 250 g/mol. The van der Waals surface area contributed by atoms with E-state index in [0.29, 0.717) is 18.8 Å². The monoisotopic (exact) mass is 267 g/mol. The third kappa shape index (κ3) is 2.97. The number of carboxylic acids is 1. The molecule has 0 bridgehead atoms. The zero-order valence-electron chi connectivity index (χ0n) is 10.4. The average molecular weight is 267 g/mol. The van der Waals surface area contributed by atoms with E-state index in [1.807, 2.05) is 19.1 Å². The minimum absolute atomic E-state index is 0.363. The van der Waals surface area contributed by atoms with Gasteiger partial charge in [0.25, 0.3) is 0 Å². The number of aromatic carboxylic acids is 1. The quantitative estimate of drug-likeness (QED) is 0.831. The van der Waals surface area contributed by atoms with Gasteiger partial charge in [0.15, 0.2) is 0 Å². The highest BCUT2D eigenvalue weighted by molar-refractivity contribution is 8.00. The molecule has 0 radical (unpaired) electrons. The zero-order valence-corrected chi connectivity index (χ0v) is 11.2. The minimum Gasteiger partial charge on any atom is -0.478 e. The van der Waals surface area contributed by atoms with Gasteiger partial charge in [-0.2, -0.15) is 0 Å². The molecule has 1 aromatic carbocycles. The Morgan fingerprint density at radius 3 is 3.00 bits per heavy atom. The first-order valence-corrected chi connectivity index (χ1v) is 7.01. The van der Waals surface area contributed by atoms with Gasteiger partial charge in [0, 0.05) is 18.9 Å². The van der Waals surface area contributed by atoms with Crippen LogP contribution in [0.5, 0.6) is 0 Å². The lowest BCUT2D eigenvalue weighted by Gasteiger charge is -2.19. The van der Waals surface area contributed by atoms with Crippen molar-refractivity contribution < 1.29 is 14.6 Å². The number of rotatable bonds is 5. The van der Waals surface area contributed by atoms with Crippen LogP contribution in [0.3, 0.4) is 0 Å². The standard InChI is InChI=1S/C13H17NO3S/c1-2-17-9-10-4-5-12(11(8-10)13(15)16)14-6-3-7-18-14/h4-5,8H,2-3,6-7,9H2,1H3,(H,15,16). The Morgan fingerprint density at radius 2 is 2.39 bits per heavy atom. The molecule has 2 rings (SSSR count). The Kier molecular flexibility index (Phi) is 4.49. The van der Waals surface area contributed by atoms with Crippen LogP contribution >= 0.6 is 11.9 Å². The first-order valence-electron chi connectivity index (χ1n) is 6.06. The molecule has 0 unspecified atom stereocenters. The van der Waals surface area contributed by atoms with Gasteiger partial charge in [0.1, 0.15) is 0 Å². The van der Waals surface area contributed by atoms with E-state index in [0.717, 1.165) is 30.0 Å². The minimum atomic E-state index is -0.879. The van der Waals surface area contributed by atoms with Gasteiger partial charge >= 0.3 is 5.97 Å². The van der Waals surface area contributed by atoms with Crippen LogP contribution in [0.2, 0.25) is 0 Å². The van der Waals surface area contributed by atoms with Crippen molar-refractivity contribution in [2.45, 2.75) is 20.0 Å². The maximum Gasteiger partial charge on any atom is 0.337 e. The van der Waals surface area contributed by atoms with Crippen LogP contribution in [0.15, 0.2) is 18.2 Å². The summed E-state index contributed by atoms with van der Waals surface area (Å²) in [6, 6.07) is 5.54. The fourth-order valence-electron chi connectivity index (χ4n) is 1.92. The summed E-state index contributed by atoms with van der Waals surface area (Å²) in [5.74, 6) is 0.176. The summed E-state index contributed by atoms with van der Waals surface area (Å²) >= 11 is 1.69. The van der Waals surface area contributed by atoms with Gasteiger partial charge in [-0.25, -0.2) is 4.79 Å². The molecule has 0 aromatic heterocycles. The summed E-state index contributed by atoms with van der Waals surface area (Å²) < 4.78 is 7.37. The number of nitrogens with zero attached hydrogens (tertiary/aromatic N) is 1. The molecule has 1 heterocycles. The second kappa shape index (κ2) is 6.11. The number of hydrogen-bond acceptors (Lipinski definition) is 4. The number of carboxylic acid groups (broad SMARTS) is 1. The average Bonchev–Trinajstić information content (AvgIpc) is 2.89. The fraction of sp³-hybridized carbons (Fsp3) is 0.462. The van der Waals surface area contributed by atoms with Crippen LogP contribution < -0.4 is 4.31 Å². The molecule has 18 heavy (non-hydrogen) atoms. The summed E-state index contributed by atoms with van der Waals surface area (Å²) in [4.78, 5) is 11.3. The van der Waals surface area contributed by atoms with Crippen LogP contribution in [-0.2, 0) is 11.3 Å². The molecule has 0 atom stereocenters. The summed E-state index contributed by atoms with van der Waals surface area (Å²) in [7, 11) is 0. The molecule has 1 aliphatic rings. The first-order chi connectivity index (χ1) is 8.72. The molecule has 1 aliphatic heterocycles. The number of anilines is 1. The highest BCUT2D eigenvalue weighted by atomic mass is 32.2. The maximum absolute atomic E-state index is 11.3. The molecule has 1 N–H and O–H groups in total. The predicted molar refractivity (Wildman–Crippen MR) is 73.2 cm³/mol. The predicted octanol–water partition coefficient (Wildman–Crippen LogP) is 2.78. The summed E-state index contributed by atoms with van der Waals surface area (Å²) in [5.41, 5.74) is 2.06. The van der Waals surface area contributed by atoms with Gasteiger partial charge in [-0.1, -0.05) is 6.07 Å². The van der Waals surface area contributed by atoms with E-state index < -0.39 is 5.97 Å². The molecule has 0 aliphatic carbocycles. The molecule has 4 nitrogen and oxygen atoms in total. The lowest BCUT2D eigenvalue weighted by Crippen LogP contribution is -2.14. The van der Waals surface area contributed by atoms with Gasteiger partial charge in [-0.15, -0.1) is 0 Å². The van der Waals surface area contributed by atoms with Crippen molar-refractivity contribution in [3.8, 4) is 0 Å². The summed E-state index contributed by atoms with van der Waals surface area (Å²) in [6.45, 7) is 3.93. The Labute approximate surface area is 111 Å². The number of ether oxygens (including phenoxy) is 1. The normalized spacial score (nSPS) is 15.1. The lowest BCUT2D eigenvalue weighted by molar-refractivity contribution is 0.0697. The van der Waals surface area contributed by atoms with Crippen molar-refractivity contribution in [3.63, 3.8) is 0 Å². The summed E-state index contributed by atoms with van der Waals surface area (Å²) in [6.07, 6.45) is 1.10. The van der Waals surface area contributed by atoms with E-state index in [9.17, 15) is 9.90 Å². The molecule has 1 saturated heterocycles. The maximum atomic E-state index is 11.3. The number of carbonyl (C=O) groups is 1. The largest absolute Gasteiger partial charge is 0.478 e. The highest BCUT2D eigenvalue weighted by Gasteiger charge is 2.20. The van der Waals surface area contributed by atoms with Gasteiger partial charge in [-0.3, -0.25) is 0 Å². The van der Waals surface area contributed by atoms with Crippen molar-refractivity contribution in [3.05, 3.63) is 29.3 Å². The van der Waals surface area contributed by atoms with Gasteiger partial charge < -0.3 is 14.1 Å². The topological polar surface area (TPSA) is 49.8 Å². The molecule has 0 saturated carbocycles. The summed E-state index contributed by atoms with van der Waals surface area (Å²) in [5, 5.41) is 9.30. The van der Waals surface area contributed by atoms with E-state index in [-0.39, 0.29) is 0 Å². The van der Waals surface area contributed by atoms with E-state index in [4.69, 9.17) is 4.74 Å². The number of hydrogen-bond donors (Lipinski definition) is 1. The molecule has 5 heteroatoms. The molecule has 1 fully saturated rings. The van der Waals surface area contributed by atoms with Gasteiger partial charge in [0.05, 0.1) is 17.9 Å². The molecule has 98 valence electrons. The molecule has 0 amide bonds. The van der Waals surface area contributed by atoms with Crippen LogP contribution in [0.25, 0.3) is 0 Å². The van der Waals surface area contributed by atoms with Crippen LogP contribution in [-0.4, -0.2) is 30.0 Å². The second-order valence-electron chi connectivity index (χ2n) is 4.08. The number of benzene rings is 1. The SMILES string of the molecule is CCOCc1ccc(N2CCCS2)c(C(=O)O)c1. The second-order valence-corrected chi connectivity index (χ2v) is 5.19. The van der Waals surface area contributed by atoms with Crippen molar-refractivity contribution in [1.29, 1.82) is 0 Å². The zero-order chi connectivity index (χ0) is 13.0. The Hall–Kier alpha value is -1.20. The van der Waals surface area contributed by atoms with Gasteiger partial charge in [-0.05, 0) is 43.0 Å². The molecule has 0 spiro atoms. The van der Waals surface area contributed by atoms with Crippen molar-refractivity contribution in [2.75, 3.05) is 23.2 Å². The van der Waals surface area contributed by atoms with Crippen molar-refractivity contribution in [1.82, 2.24) is 0 Å². The van der Waals surface area contributed by atoms with Crippen LogP contribution in [0.1, 0.15) is 29.3 Å². The van der Waals surface area contributed by atoms with Crippen LogP contribution in [0.4, 0.5) is 5.69 Å². The Morgan fingerprint density at radius 1 is 1.56 bits per heavy atom. The van der Waals surface area contributed by atoms with E-state index in [2.05, 4.69) is 4.31 Å². The Bertz CT molecular complexity index is 430. The van der Waals surface area contributed by atoms with Gasteiger partial charge in [0.2, 0.25) is 0 Å². The third-order valence-electron chi connectivity index (χ3n) is 2.79. The third-order valence-corrected chi connectivity index (χ3v) is 3.95. The molecule has 1 aromatic rings. The van der Waals surface area contributed by atoms with Crippen LogP contribution in [0, 0.1) is 0 Å². The van der Waals surface area contributed by atoms with E-state index in [1.165, 1.54) is 0 Å². The van der Waals surface area contributed by atoms with Crippen molar-refractivity contribution >= 4 is 23.6 Å². The van der Waals surface area contributed by atoms with E-state index in [1.54, 1.807) is 18.0 Å². The Balaban J connectivity index is 2.25. The first kappa shape index (κ1) is 13.2.